The first kappa shape index (κ1) is 14.5. The van der Waals surface area contributed by atoms with Gasteiger partial charge in [0.25, 0.3) is 16.1 Å². The average molecular weight is 311 g/mol. The van der Waals surface area contributed by atoms with E-state index < -0.39 is 21.7 Å². The minimum atomic E-state index is -3.67. The third-order valence-corrected chi connectivity index (χ3v) is 5.96. The number of aliphatic hydroxyl groups is 1. The lowest BCUT2D eigenvalue weighted by Crippen LogP contribution is -2.70. The van der Waals surface area contributed by atoms with E-state index in [2.05, 4.69) is 0 Å². The summed E-state index contributed by atoms with van der Waals surface area (Å²) in [6.07, 6.45) is 0.656. The second-order valence-corrected chi connectivity index (χ2v) is 7.45. The normalized spacial score (nSPS) is 22.3. The molecule has 1 amide bonds. The molecule has 0 aliphatic carbocycles. The molecule has 3 rings (SSSR count). The van der Waals surface area contributed by atoms with Crippen molar-refractivity contribution in [1.29, 1.82) is 0 Å². The van der Waals surface area contributed by atoms with Crippen molar-refractivity contribution in [2.75, 3.05) is 19.6 Å². The summed E-state index contributed by atoms with van der Waals surface area (Å²) in [4.78, 5) is 11.1. The smallest absolute Gasteiger partial charge is 0.282 e. The Morgan fingerprint density at radius 3 is 2.43 bits per heavy atom. The molecule has 0 radical (unpaired) electrons. The molecular formula is C13H17N3O4S. The van der Waals surface area contributed by atoms with E-state index >= 15 is 0 Å². The van der Waals surface area contributed by atoms with Crippen molar-refractivity contribution in [2.24, 2.45) is 5.73 Å². The molecule has 3 N–H and O–H groups in total. The fourth-order valence-corrected chi connectivity index (χ4v) is 4.39. The number of primary amides is 1. The quantitative estimate of drug-likeness (QED) is 0.733. The number of rotatable bonds is 3. The maximum absolute atomic E-state index is 12.5. The number of carbonyl (C=O) groups excluding carboxylic acids is 1. The molecule has 1 aromatic carbocycles. The van der Waals surface area contributed by atoms with Crippen molar-refractivity contribution in [2.45, 2.75) is 18.6 Å². The maximum atomic E-state index is 12.5. The highest BCUT2D eigenvalue weighted by Gasteiger charge is 2.52. The average Bonchev–Trinajstić information content (AvgIpc) is 2.43. The molecule has 1 fully saturated rings. The molecule has 2 heterocycles. The zero-order valence-electron chi connectivity index (χ0n) is 11.4. The fraction of sp³-hybridized carbons (Fsp3) is 0.462. The van der Waals surface area contributed by atoms with Gasteiger partial charge in [0.05, 0.1) is 13.1 Å². The van der Waals surface area contributed by atoms with Crippen molar-refractivity contribution < 1.29 is 18.3 Å². The van der Waals surface area contributed by atoms with Crippen LogP contribution in [-0.2, 0) is 28.0 Å². The highest BCUT2D eigenvalue weighted by molar-refractivity contribution is 7.86. The fourth-order valence-electron chi connectivity index (χ4n) is 2.69. The summed E-state index contributed by atoms with van der Waals surface area (Å²) in [6, 6.07) is 7.72. The van der Waals surface area contributed by atoms with E-state index in [9.17, 15) is 18.3 Å². The van der Waals surface area contributed by atoms with E-state index in [1.807, 2.05) is 24.3 Å². The van der Waals surface area contributed by atoms with Gasteiger partial charge in [-0.25, -0.2) is 0 Å². The third kappa shape index (κ3) is 2.34. The van der Waals surface area contributed by atoms with Crippen LogP contribution >= 0.6 is 0 Å². The number of hydrogen-bond donors (Lipinski definition) is 2. The van der Waals surface area contributed by atoms with Crippen molar-refractivity contribution in [3.63, 3.8) is 0 Å². The molecule has 114 valence electrons. The first-order valence-electron chi connectivity index (χ1n) is 6.67. The molecule has 7 nitrogen and oxygen atoms in total. The van der Waals surface area contributed by atoms with E-state index in [1.165, 1.54) is 4.31 Å². The minimum absolute atomic E-state index is 0.275. The standard InChI is InChI=1S/C13H17N3O4S/c14-12(17)13(18)8-16(9-13)21(19,20)15-6-5-10-3-1-2-4-11(10)7-15/h1-4,18H,5-9H2,(H2,14,17). The number of nitrogens with two attached hydrogens (primary N) is 1. The predicted octanol–water partition coefficient (Wildman–Crippen LogP) is -1.18. The van der Waals surface area contributed by atoms with Crippen LogP contribution in [0.1, 0.15) is 11.1 Å². The van der Waals surface area contributed by atoms with Crippen LogP contribution in [0.3, 0.4) is 0 Å². The summed E-state index contributed by atoms with van der Waals surface area (Å²) in [5.74, 6) is -0.891. The number of carbonyl (C=O) groups is 1. The van der Waals surface area contributed by atoms with E-state index in [0.29, 0.717) is 19.5 Å². The highest BCUT2D eigenvalue weighted by Crippen LogP contribution is 2.28. The van der Waals surface area contributed by atoms with Crippen molar-refractivity contribution >= 4 is 16.1 Å². The molecule has 0 aromatic heterocycles. The number of nitrogens with zero attached hydrogens (tertiary/aromatic N) is 2. The molecule has 21 heavy (non-hydrogen) atoms. The van der Waals surface area contributed by atoms with Crippen LogP contribution in [0.5, 0.6) is 0 Å². The first-order chi connectivity index (χ1) is 9.83. The molecule has 0 bridgehead atoms. The summed E-state index contributed by atoms with van der Waals surface area (Å²) in [6.45, 7) is 0.153. The summed E-state index contributed by atoms with van der Waals surface area (Å²) in [5, 5.41) is 9.78. The SMILES string of the molecule is NC(=O)C1(O)CN(S(=O)(=O)N2CCc3ccccc3C2)C1. The number of hydrogen-bond acceptors (Lipinski definition) is 4. The van der Waals surface area contributed by atoms with Gasteiger partial charge in [0.2, 0.25) is 0 Å². The van der Waals surface area contributed by atoms with Crippen LogP contribution in [-0.4, -0.2) is 53.3 Å². The van der Waals surface area contributed by atoms with Gasteiger partial charge < -0.3 is 10.8 Å². The van der Waals surface area contributed by atoms with Crippen LogP contribution in [0, 0.1) is 0 Å². The van der Waals surface area contributed by atoms with Crippen LogP contribution in [0.25, 0.3) is 0 Å². The number of benzene rings is 1. The molecule has 2 aliphatic rings. The van der Waals surface area contributed by atoms with Gasteiger partial charge in [0.1, 0.15) is 0 Å². The van der Waals surface area contributed by atoms with Gasteiger partial charge in [-0.15, -0.1) is 0 Å². The lowest BCUT2D eigenvalue weighted by molar-refractivity contribution is -0.148. The summed E-state index contributed by atoms with van der Waals surface area (Å²) >= 11 is 0. The highest BCUT2D eigenvalue weighted by atomic mass is 32.2. The van der Waals surface area contributed by atoms with Gasteiger partial charge in [-0.3, -0.25) is 4.79 Å². The van der Waals surface area contributed by atoms with Crippen LogP contribution in [0.4, 0.5) is 0 Å². The molecule has 1 saturated heterocycles. The first-order valence-corrected chi connectivity index (χ1v) is 8.07. The second kappa shape index (κ2) is 4.77. The van der Waals surface area contributed by atoms with Gasteiger partial charge in [-0.05, 0) is 17.5 Å². The van der Waals surface area contributed by atoms with Gasteiger partial charge in [-0.2, -0.15) is 17.0 Å². The number of amides is 1. The topological polar surface area (TPSA) is 104 Å². The molecular weight excluding hydrogens is 294 g/mol. The molecule has 8 heteroatoms. The maximum Gasteiger partial charge on any atom is 0.282 e. The molecule has 0 unspecified atom stereocenters. The summed E-state index contributed by atoms with van der Waals surface area (Å²) < 4.78 is 27.4. The molecule has 0 saturated carbocycles. The Hall–Kier alpha value is -1.48. The Balaban J connectivity index is 1.75. The lowest BCUT2D eigenvalue weighted by Gasteiger charge is -2.45. The van der Waals surface area contributed by atoms with Crippen LogP contribution in [0.2, 0.25) is 0 Å². The van der Waals surface area contributed by atoms with Gasteiger partial charge >= 0.3 is 0 Å². The van der Waals surface area contributed by atoms with E-state index in [1.54, 1.807) is 0 Å². The van der Waals surface area contributed by atoms with Crippen molar-refractivity contribution in [3.05, 3.63) is 35.4 Å². The lowest BCUT2D eigenvalue weighted by atomic mass is 9.97. The van der Waals surface area contributed by atoms with E-state index in [0.717, 1.165) is 15.4 Å². The Bertz CT molecular complexity index is 682. The van der Waals surface area contributed by atoms with Gasteiger partial charge in [-0.1, -0.05) is 24.3 Å². The number of fused-ring (bicyclic) bond motifs is 1. The summed E-state index contributed by atoms with van der Waals surface area (Å²) in [7, 11) is -3.67. The van der Waals surface area contributed by atoms with Gasteiger partial charge in [0.15, 0.2) is 5.60 Å². The Morgan fingerprint density at radius 2 is 1.81 bits per heavy atom. The Kier molecular flexibility index (Phi) is 3.28. The summed E-state index contributed by atoms with van der Waals surface area (Å²) in [5.41, 5.74) is 5.46. The second-order valence-electron chi connectivity index (χ2n) is 5.52. The largest absolute Gasteiger partial charge is 0.377 e. The zero-order chi connectivity index (χ0) is 15.3. The predicted molar refractivity (Wildman–Crippen MR) is 75.2 cm³/mol. The van der Waals surface area contributed by atoms with Crippen LogP contribution in [0.15, 0.2) is 24.3 Å². The molecule has 1 aromatic rings. The van der Waals surface area contributed by atoms with Crippen molar-refractivity contribution in [3.8, 4) is 0 Å². The third-order valence-electron chi connectivity index (χ3n) is 4.08. The number of β-amino-alcohol motifs (C(OH)–C–C–N with tert-alkyl or cyclic N) is 1. The van der Waals surface area contributed by atoms with Crippen LogP contribution < -0.4 is 5.73 Å². The molecule has 2 aliphatic heterocycles. The minimum Gasteiger partial charge on any atom is -0.377 e. The van der Waals surface area contributed by atoms with E-state index in [-0.39, 0.29) is 13.1 Å². The monoisotopic (exact) mass is 311 g/mol. The Labute approximate surface area is 123 Å². The zero-order valence-corrected chi connectivity index (χ0v) is 12.2. The van der Waals surface area contributed by atoms with Gasteiger partial charge in [0, 0.05) is 13.1 Å². The van der Waals surface area contributed by atoms with E-state index in [4.69, 9.17) is 5.73 Å². The Morgan fingerprint density at radius 1 is 1.19 bits per heavy atom. The molecule has 0 atom stereocenters. The van der Waals surface area contributed by atoms with Crippen molar-refractivity contribution in [1.82, 2.24) is 8.61 Å². The molecule has 0 spiro atoms.